The summed E-state index contributed by atoms with van der Waals surface area (Å²) in [6, 6.07) is 10.6. The first-order valence-corrected chi connectivity index (χ1v) is 7.95. The second-order valence-corrected chi connectivity index (χ2v) is 7.73. The summed E-state index contributed by atoms with van der Waals surface area (Å²) in [7, 11) is 0. The first kappa shape index (κ1) is 13.2. The van der Waals surface area contributed by atoms with Gasteiger partial charge in [0, 0.05) is 17.1 Å². The SMILES string of the molecule is CC(C)(O)c1cc(N2CCc3ccccc32)c(Br)s1. The van der Waals surface area contributed by atoms with Gasteiger partial charge in [-0.2, -0.15) is 0 Å². The predicted octanol–water partition coefficient (Wildman–Crippen LogP) is 4.43. The number of para-hydroxylation sites is 1. The Bertz CT molecular complexity index is 615. The molecule has 100 valence electrons. The van der Waals surface area contributed by atoms with E-state index in [1.807, 2.05) is 13.8 Å². The number of hydrogen-bond donors (Lipinski definition) is 1. The minimum Gasteiger partial charge on any atom is -0.385 e. The zero-order chi connectivity index (χ0) is 13.6. The van der Waals surface area contributed by atoms with E-state index in [-0.39, 0.29) is 0 Å². The Labute approximate surface area is 125 Å². The molecule has 0 radical (unpaired) electrons. The van der Waals surface area contributed by atoms with Crippen LogP contribution in [0.4, 0.5) is 11.4 Å². The summed E-state index contributed by atoms with van der Waals surface area (Å²) in [6.45, 7) is 4.65. The maximum absolute atomic E-state index is 10.1. The van der Waals surface area contributed by atoms with Crippen LogP contribution < -0.4 is 4.90 Å². The van der Waals surface area contributed by atoms with E-state index in [0.29, 0.717) is 0 Å². The highest BCUT2D eigenvalue weighted by Gasteiger charge is 2.26. The number of anilines is 2. The predicted molar refractivity (Wildman–Crippen MR) is 84.4 cm³/mol. The third-order valence-electron chi connectivity index (χ3n) is 3.45. The van der Waals surface area contributed by atoms with Gasteiger partial charge < -0.3 is 10.0 Å². The van der Waals surface area contributed by atoms with Gasteiger partial charge in [0.15, 0.2) is 0 Å². The van der Waals surface area contributed by atoms with Gasteiger partial charge in [-0.25, -0.2) is 0 Å². The van der Waals surface area contributed by atoms with E-state index < -0.39 is 5.60 Å². The third kappa shape index (κ3) is 2.33. The minimum atomic E-state index is -0.787. The highest BCUT2D eigenvalue weighted by molar-refractivity contribution is 9.11. The van der Waals surface area contributed by atoms with Crippen LogP contribution in [0.1, 0.15) is 24.3 Å². The molecule has 1 aromatic carbocycles. The zero-order valence-electron chi connectivity index (χ0n) is 11.0. The molecule has 2 aromatic rings. The fourth-order valence-electron chi connectivity index (χ4n) is 2.43. The second kappa shape index (κ2) is 4.62. The van der Waals surface area contributed by atoms with Crippen LogP contribution in [0.15, 0.2) is 34.1 Å². The Hall–Kier alpha value is -0.840. The molecule has 2 heterocycles. The molecular weight excluding hydrogens is 322 g/mol. The molecule has 0 amide bonds. The molecule has 19 heavy (non-hydrogen) atoms. The van der Waals surface area contributed by atoms with E-state index in [0.717, 1.165) is 27.3 Å². The van der Waals surface area contributed by atoms with Gasteiger partial charge in [-0.1, -0.05) is 18.2 Å². The molecule has 0 fully saturated rings. The van der Waals surface area contributed by atoms with Crippen molar-refractivity contribution in [3.63, 3.8) is 0 Å². The molecule has 1 aromatic heterocycles. The van der Waals surface area contributed by atoms with E-state index >= 15 is 0 Å². The molecule has 0 unspecified atom stereocenters. The van der Waals surface area contributed by atoms with Gasteiger partial charge in [0.05, 0.1) is 15.1 Å². The fourth-order valence-corrected chi connectivity index (χ4v) is 4.17. The Balaban J connectivity index is 2.03. The third-order valence-corrected chi connectivity index (χ3v) is 5.57. The maximum Gasteiger partial charge on any atom is 0.0939 e. The smallest absolute Gasteiger partial charge is 0.0939 e. The van der Waals surface area contributed by atoms with Crippen molar-refractivity contribution in [1.82, 2.24) is 0 Å². The van der Waals surface area contributed by atoms with Crippen molar-refractivity contribution >= 4 is 38.6 Å². The summed E-state index contributed by atoms with van der Waals surface area (Å²) >= 11 is 5.25. The van der Waals surface area contributed by atoms with Crippen LogP contribution in [-0.4, -0.2) is 11.7 Å². The lowest BCUT2D eigenvalue weighted by Crippen LogP contribution is -2.15. The number of benzene rings is 1. The first-order valence-electron chi connectivity index (χ1n) is 6.34. The van der Waals surface area contributed by atoms with Gasteiger partial charge in [-0.3, -0.25) is 0 Å². The van der Waals surface area contributed by atoms with Gasteiger partial charge in [0.25, 0.3) is 0 Å². The molecule has 0 atom stereocenters. The average Bonchev–Trinajstić information content (AvgIpc) is 2.91. The lowest BCUT2D eigenvalue weighted by atomic mass is 10.1. The molecular formula is C15H16BrNOS. The molecule has 2 nitrogen and oxygen atoms in total. The van der Waals surface area contributed by atoms with Crippen molar-refractivity contribution < 1.29 is 5.11 Å². The summed E-state index contributed by atoms with van der Waals surface area (Å²) in [6.07, 6.45) is 1.08. The van der Waals surface area contributed by atoms with Gasteiger partial charge in [0.2, 0.25) is 0 Å². The van der Waals surface area contributed by atoms with Crippen LogP contribution >= 0.6 is 27.3 Å². The van der Waals surface area contributed by atoms with Crippen LogP contribution in [0.3, 0.4) is 0 Å². The highest BCUT2D eigenvalue weighted by Crippen LogP contribution is 2.44. The molecule has 1 aliphatic rings. The molecule has 0 saturated heterocycles. The molecule has 0 bridgehead atoms. The van der Waals surface area contributed by atoms with Crippen molar-refractivity contribution in [3.8, 4) is 0 Å². The van der Waals surface area contributed by atoms with E-state index in [9.17, 15) is 5.11 Å². The summed E-state index contributed by atoms with van der Waals surface area (Å²) < 4.78 is 1.08. The van der Waals surface area contributed by atoms with Gasteiger partial charge >= 0.3 is 0 Å². The van der Waals surface area contributed by atoms with Gasteiger partial charge in [0.1, 0.15) is 0 Å². The van der Waals surface area contributed by atoms with Crippen molar-refractivity contribution in [2.75, 3.05) is 11.4 Å². The molecule has 1 aliphatic heterocycles. The summed E-state index contributed by atoms with van der Waals surface area (Å²) in [4.78, 5) is 3.31. The molecule has 1 N–H and O–H groups in total. The topological polar surface area (TPSA) is 23.5 Å². The number of rotatable bonds is 2. The van der Waals surface area contributed by atoms with Crippen molar-refractivity contribution in [2.45, 2.75) is 25.9 Å². The van der Waals surface area contributed by atoms with Crippen LogP contribution in [0.2, 0.25) is 0 Å². The van der Waals surface area contributed by atoms with E-state index in [1.54, 1.807) is 11.3 Å². The molecule has 0 spiro atoms. The van der Waals surface area contributed by atoms with Crippen molar-refractivity contribution in [3.05, 3.63) is 44.6 Å². The normalized spacial score (nSPS) is 14.8. The number of nitrogens with zero attached hydrogens (tertiary/aromatic N) is 1. The Morgan fingerprint density at radius 3 is 2.68 bits per heavy atom. The zero-order valence-corrected chi connectivity index (χ0v) is 13.4. The van der Waals surface area contributed by atoms with E-state index in [1.165, 1.54) is 11.3 Å². The van der Waals surface area contributed by atoms with Crippen LogP contribution in [0, 0.1) is 0 Å². The standard InChI is InChI=1S/C15H16BrNOS/c1-15(2,18)13-9-12(14(16)19-13)17-8-7-10-5-3-4-6-11(10)17/h3-6,9,18H,7-8H2,1-2H3. The molecule has 0 aliphatic carbocycles. The average molecular weight is 338 g/mol. The Kier molecular flexibility index (Phi) is 3.20. The number of thiophene rings is 1. The monoisotopic (exact) mass is 337 g/mol. The van der Waals surface area contributed by atoms with Crippen LogP contribution in [-0.2, 0) is 12.0 Å². The molecule has 3 rings (SSSR count). The van der Waals surface area contributed by atoms with Crippen LogP contribution in [0.25, 0.3) is 0 Å². The van der Waals surface area contributed by atoms with E-state index in [4.69, 9.17) is 0 Å². The van der Waals surface area contributed by atoms with Crippen molar-refractivity contribution in [1.29, 1.82) is 0 Å². The van der Waals surface area contributed by atoms with Gasteiger partial charge in [-0.05, 0) is 53.9 Å². The van der Waals surface area contributed by atoms with Gasteiger partial charge in [-0.15, -0.1) is 11.3 Å². The van der Waals surface area contributed by atoms with Crippen molar-refractivity contribution in [2.24, 2.45) is 0 Å². The number of halogens is 1. The minimum absolute atomic E-state index is 0.787. The summed E-state index contributed by atoms with van der Waals surface area (Å²) in [5.41, 5.74) is 3.05. The largest absolute Gasteiger partial charge is 0.385 e. The Morgan fingerprint density at radius 1 is 1.26 bits per heavy atom. The number of fused-ring (bicyclic) bond motifs is 1. The highest BCUT2D eigenvalue weighted by atomic mass is 79.9. The second-order valence-electron chi connectivity index (χ2n) is 5.36. The fraction of sp³-hybridized carbons (Fsp3) is 0.333. The van der Waals surface area contributed by atoms with Crippen LogP contribution in [0.5, 0.6) is 0 Å². The summed E-state index contributed by atoms with van der Waals surface area (Å²) in [5, 5.41) is 10.1. The molecule has 4 heteroatoms. The quantitative estimate of drug-likeness (QED) is 0.875. The molecule has 0 saturated carbocycles. The summed E-state index contributed by atoms with van der Waals surface area (Å²) in [5.74, 6) is 0. The first-order chi connectivity index (χ1) is 8.97. The number of hydrogen-bond acceptors (Lipinski definition) is 3. The maximum atomic E-state index is 10.1. The number of aliphatic hydroxyl groups is 1. The lowest BCUT2D eigenvalue weighted by molar-refractivity contribution is 0.0826. The Morgan fingerprint density at radius 2 is 2.00 bits per heavy atom. The lowest BCUT2D eigenvalue weighted by Gasteiger charge is -2.19. The van der Waals surface area contributed by atoms with E-state index in [2.05, 4.69) is 51.2 Å².